The van der Waals surface area contributed by atoms with Crippen molar-refractivity contribution >= 4 is 37.9 Å². The quantitative estimate of drug-likeness (QED) is 0.433. The van der Waals surface area contributed by atoms with E-state index in [0.29, 0.717) is 17.1 Å². The fourth-order valence-electron chi connectivity index (χ4n) is 3.48. The highest BCUT2D eigenvalue weighted by Gasteiger charge is 2.27. The van der Waals surface area contributed by atoms with Crippen molar-refractivity contribution < 1.29 is 13.2 Å². The first kappa shape index (κ1) is 20.0. The average molecular weight is 446 g/mol. The van der Waals surface area contributed by atoms with Crippen LogP contribution >= 0.6 is 0 Å². The number of fused-ring (bicyclic) bond motifs is 3. The number of hydrogen-bond acceptors (Lipinski definition) is 7. The first-order valence-corrected chi connectivity index (χ1v) is 11.3. The number of para-hydroxylation sites is 1. The molecule has 0 bridgehead atoms. The third kappa shape index (κ3) is 3.32. The van der Waals surface area contributed by atoms with Crippen LogP contribution in [0.15, 0.2) is 82.7 Å². The molecule has 0 unspecified atom stereocenters. The fourth-order valence-corrected chi connectivity index (χ4v) is 4.72. The van der Waals surface area contributed by atoms with E-state index >= 15 is 0 Å². The number of ether oxygens (including phenoxy) is 1. The fraction of sp³-hybridized carbons (Fsp3) is 0.0870. The lowest BCUT2D eigenvalue weighted by Gasteiger charge is -2.11. The van der Waals surface area contributed by atoms with Gasteiger partial charge in [0.15, 0.2) is 5.65 Å². The van der Waals surface area contributed by atoms with Crippen molar-refractivity contribution in [3.05, 3.63) is 78.4 Å². The predicted octanol–water partition coefficient (Wildman–Crippen LogP) is 4.17. The molecule has 32 heavy (non-hydrogen) atoms. The van der Waals surface area contributed by atoms with Gasteiger partial charge in [0, 0.05) is 17.1 Å². The second kappa shape index (κ2) is 7.61. The minimum atomic E-state index is -3.91. The van der Waals surface area contributed by atoms with Crippen LogP contribution in [0.1, 0.15) is 5.56 Å². The van der Waals surface area contributed by atoms with Crippen LogP contribution in [0, 0.1) is 6.92 Å². The normalized spacial score (nSPS) is 11.7. The summed E-state index contributed by atoms with van der Waals surface area (Å²) in [5.74, 6) is 1.18. The molecule has 0 spiro atoms. The van der Waals surface area contributed by atoms with E-state index in [1.807, 2.05) is 55.5 Å². The molecule has 1 N–H and O–H groups in total. The average Bonchev–Trinajstić information content (AvgIpc) is 3.25. The van der Waals surface area contributed by atoms with Crippen LogP contribution in [0.25, 0.3) is 16.6 Å². The summed E-state index contributed by atoms with van der Waals surface area (Å²) in [5.41, 5.74) is 2.54. The molecule has 2 heterocycles. The van der Waals surface area contributed by atoms with Gasteiger partial charge in [-0.3, -0.25) is 0 Å². The molecule has 0 radical (unpaired) electrons. The van der Waals surface area contributed by atoms with Crippen LogP contribution in [0.3, 0.4) is 0 Å². The van der Waals surface area contributed by atoms with Gasteiger partial charge >= 0.3 is 0 Å². The SMILES string of the molecule is COc1cccc(Nc2nc3c(S(=O)(=O)c4ccc(C)cc4)nnn3c3ccccc23)c1. The molecule has 0 fully saturated rings. The number of benzene rings is 3. The van der Waals surface area contributed by atoms with Gasteiger partial charge in [0.2, 0.25) is 14.9 Å². The van der Waals surface area contributed by atoms with Gasteiger partial charge in [0.1, 0.15) is 11.6 Å². The van der Waals surface area contributed by atoms with Crippen LogP contribution < -0.4 is 10.1 Å². The number of anilines is 2. The van der Waals surface area contributed by atoms with Gasteiger partial charge in [0.25, 0.3) is 0 Å². The summed E-state index contributed by atoms with van der Waals surface area (Å²) in [7, 11) is -2.32. The highest BCUT2D eigenvalue weighted by molar-refractivity contribution is 7.91. The van der Waals surface area contributed by atoms with Crippen LogP contribution in [-0.4, -0.2) is 35.3 Å². The van der Waals surface area contributed by atoms with Crippen molar-refractivity contribution in [3.8, 4) is 5.75 Å². The van der Waals surface area contributed by atoms with Crippen molar-refractivity contribution in [1.29, 1.82) is 0 Å². The van der Waals surface area contributed by atoms with Crippen LogP contribution in [0.4, 0.5) is 11.5 Å². The summed E-state index contributed by atoms with van der Waals surface area (Å²) in [6, 6.07) is 21.5. The van der Waals surface area contributed by atoms with Crippen molar-refractivity contribution in [2.75, 3.05) is 12.4 Å². The maximum atomic E-state index is 13.3. The topological polar surface area (TPSA) is 98.5 Å². The number of methoxy groups -OCH3 is 1. The second-order valence-corrected chi connectivity index (χ2v) is 9.15. The van der Waals surface area contributed by atoms with Crippen molar-refractivity contribution in [1.82, 2.24) is 19.8 Å². The molecule has 2 aromatic heterocycles. The van der Waals surface area contributed by atoms with Crippen molar-refractivity contribution in [2.24, 2.45) is 0 Å². The van der Waals surface area contributed by atoms with Crippen LogP contribution in [0.5, 0.6) is 5.75 Å². The van der Waals surface area contributed by atoms with Crippen molar-refractivity contribution in [3.63, 3.8) is 0 Å². The monoisotopic (exact) mass is 445 g/mol. The third-order valence-corrected chi connectivity index (χ3v) is 6.81. The summed E-state index contributed by atoms with van der Waals surface area (Å²) in [4.78, 5) is 4.77. The zero-order valence-electron chi connectivity index (χ0n) is 17.4. The lowest BCUT2D eigenvalue weighted by molar-refractivity contribution is 0.415. The summed E-state index contributed by atoms with van der Waals surface area (Å²) in [6.45, 7) is 1.90. The lowest BCUT2D eigenvalue weighted by atomic mass is 10.2. The van der Waals surface area contributed by atoms with E-state index in [-0.39, 0.29) is 15.6 Å². The Morgan fingerprint density at radius 2 is 1.75 bits per heavy atom. The summed E-state index contributed by atoms with van der Waals surface area (Å²) in [5, 5.41) is 12.0. The number of hydrogen-bond donors (Lipinski definition) is 1. The number of sulfone groups is 1. The molecule has 0 aliphatic rings. The van der Waals surface area contributed by atoms with Crippen molar-refractivity contribution in [2.45, 2.75) is 16.8 Å². The first-order valence-electron chi connectivity index (χ1n) is 9.84. The molecular formula is C23H19N5O3S. The van der Waals surface area contributed by atoms with Gasteiger partial charge in [-0.25, -0.2) is 13.4 Å². The Kier molecular flexibility index (Phi) is 4.75. The summed E-state index contributed by atoms with van der Waals surface area (Å²) >= 11 is 0. The van der Waals surface area contributed by atoms with E-state index in [1.165, 1.54) is 4.52 Å². The van der Waals surface area contributed by atoms with Gasteiger partial charge < -0.3 is 10.1 Å². The van der Waals surface area contributed by atoms with E-state index < -0.39 is 9.84 Å². The molecule has 0 saturated carbocycles. The highest BCUT2D eigenvalue weighted by atomic mass is 32.2. The minimum Gasteiger partial charge on any atom is -0.497 e. The number of aromatic nitrogens is 4. The second-order valence-electron chi connectivity index (χ2n) is 7.28. The van der Waals surface area contributed by atoms with Gasteiger partial charge in [0.05, 0.1) is 17.5 Å². The maximum absolute atomic E-state index is 13.3. The van der Waals surface area contributed by atoms with Crippen LogP contribution in [-0.2, 0) is 9.84 Å². The van der Waals surface area contributed by atoms with E-state index in [0.717, 1.165) is 16.6 Å². The molecule has 5 rings (SSSR count). The Morgan fingerprint density at radius 1 is 0.969 bits per heavy atom. The maximum Gasteiger partial charge on any atom is 0.229 e. The predicted molar refractivity (Wildman–Crippen MR) is 121 cm³/mol. The number of rotatable bonds is 5. The Morgan fingerprint density at radius 3 is 2.53 bits per heavy atom. The Hall–Kier alpha value is -3.98. The van der Waals surface area contributed by atoms with Gasteiger partial charge in [-0.1, -0.05) is 41.1 Å². The zero-order valence-corrected chi connectivity index (χ0v) is 18.2. The Labute approximate surface area is 184 Å². The summed E-state index contributed by atoms with van der Waals surface area (Å²) < 4.78 is 33.4. The zero-order chi connectivity index (χ0) is 22.3. The molecule has 0 atom stereocenters. The largest absolute Gasteiger partial charge is 0.497 e. The molecule has 0 amide bonds. The molecule has 3 aromatic carbocycles. The number of nitrogens with one attached hydrogen (secondary N) is 1. The molecule has 0 aliphatic heterocycles. The molecule has 160 valence electrons. The van der Waals surface area contributed by atoms with Crippen LogP contribution in [0.2, 0.25) is 0 Å². The van der Waals surface area contributed by atoms with Gasteiger partial charge in [-0.05, 0) is 43.3 Å². The smallest absolute Gasteiger partial charge is 0.229 e. The Balaban J connectivity index is 1.72. The summed E-state index contributed by atoms with van der Waals surface area (Å²) in [6.07, 6.45) is 0. The van der Waals surface area contributed by atoms with Gasteiger partial charge in [-0.2, -0.15) is 4.52 Å². The van der Waals surface area contributed by atoms with E-state index in [4.69, 9.17) is 4.74 Å². The highest BCUT2D eigenvalue weighted by Crippen LogP contribution is 2.30. The molecule has 5 aromatic rings. The van der Waals surface area contributed by atoms with E-state index in [9.17, 15) is 8.42 Å². The minimum absolute atomic E-state index is 0.141. The molecule has 8 nitrogen and oxygen atoms in total. The number of aryl methyl sites for hydroxylation is 1. The lowest BCUT2D eigenvalue weighted by Crippen LogP contribution is -2.05. The van der Waals surface area contributed by atoms with E-state index in [2.05, 4.69) is 20.6 Å². The molecule has 9 heteroatoms. The molecular weight excluding hydrogens is 426 g/mol. The Bertz CT molecular complexity index is 1560. The number of nitrogens with zero attached hydrogens (tertiary/aromatic N) is 4. The van der Waals surface area contributed by atoms with E-state index in [1.54, 1.807) is 31.4 Å². The first-order chi connectivity index (χ1) is 15.5. The molecule has 0 aliphatic carbocycles. The molecule has 0 saturated heterocycles. The van der Waals surface area contributed by atoms with Gasteiger partial charge in [-0.15, -0.1) is 5.10 Å². The third-order valence-electron chi connectivity index (χ3n) is 5.14. The standard InChI is InChI=1S/C23H19N5O3S/c1-15-10-12-18(13-11-15)32(29,30)23-22-25-21(24-16-6-5-7-17(14-16)31-2)19-8-3-4-9-20(19)28(22)27-26-23/h3-14H,1-2H3,(H,24,25).